The van der Waals surface area contributed by atoms with Gasteiger partial charge in [0.25, 0.3) is 0 Å². The van der Waals surface area contributed by atoms with Gasteiger partial charge in [0.15, 0.2) is 5.96 Å². The molecule has 0 aromatic carbocycles. The van der Waals surface area contributed by atoms with E-state index in [-0.39, 0.29) is 0 Å². The lowest BCUT2D eigenvalue weighted by molar-refractivity contribution is 0.309. The second kappa shape index (κ2) is 6.57. The molecule has 5 heteroatoms. The topological polar surface area (TPSA) is 40.5 Å². The first kappa shape index (κ1) is 15.8. The molecule has 0 radical (unpaired) electrons. The Kier molecular flexibility index (Phi) is 4.71. The molecule has 1 saturated heterocycles. The quantitative estimate of drug-likeness (QED) is 0.684. The Bertz CT molecular complexity index is 523. The van der Waals surface area contributed by atoms with E-state index in [9.17, 15) is 0 Å². The van der Waals surface area contributed by atoms with Crippen molar-refractivity contribution in [3.63, 3.8) is 0 Å². The molecule has 1 spiro atoms. The number of nitrogens with one attached hydrogen (secondary N) is 1. The average molecular weight is 321 g/mol. The standard InChI is InChI=1S/C17H28N4S/c1-4-18-16(19-11-15-20-13(2)14(3)22-15)21-10-9-17(12-21)7-5-6-8-17/h4-12H2,1-3H3,(H,18,19). The lowest BCUT2D eigenvalue weighted by atomic mass is 9.86. The first-order valence-electron chi connectivity index (χ1n) is 8.58. The van der Waals surface area contributed by atoms with E-state index in [4.69, 9.17) is 4.99 Å². The third kappa shape index (κ3) is 3.29. The molecule has 22 heavy (non-hydrogen) atoms. The Hall–Kier alpha value is -1.10. The van der Waals surface area contributed by atoms with E-state index in [0.29, 0.717) is 12.0 Å². The van der Waals surface area contributed by atoms with Gasteiger partial charge in [-0.15, -0.1) is 11.3 Å². The van der Waals surface area contributed by atoms with Crippen LogP contribution >= 0.6 is 11.3 Å². The lowest BCUT2D eigenvalue weighted by Crippen LogP contribution is -2.41. The Morgan fingerprint density at radius 2 is 2.09 bits per heavy atom. The zero-order chi connectivity index (χ0) is 15.6. The van der Waals surface area contributed by atoms with Gasteiger partial charge in [0, 0.05) is 24.5 Å². The summed E-state index contributed by atoms with van der Waals surface area (Å²) in [5, 5.41) is 4.60. The largest absolute Gasteiger partial charge is 0.357 e. The molecular formula is C17H28N4S. The SMILES string of the molecule is CCNC(=NCc1nc(C)c(C)s1)N1CCC2(CCCC2)C1. The summed E-state index contributed by atoms with van der Waals surface area (Å²) in [6.45, 7) is 10.3. The minimum atomic E-state index is 0.588. The highest BCUT2D eigenvalue weighted by Crippen LogP contribution is 2.45. The maximum Gasteiger partial charge on any atom is 0.194 e. The van der Waals surface area contributed by atoms with Crippen molar-refractivity contribution < 1.29 is 0 Å². The molecule has 122 valence electrons. The Morgan fingerprint density at radius 3 is 2.73 bits per heavy atom. The Morgan fingerprint density at radius 1 is 1.32 bits per heavy atom. The van der Waals surface area contributed by atoms with E-state index < -0.39 is 0 Å². The molecule has 1 N–H and O–H groups in total. The fourth-order valence-corrected chi connectivity index (χ4v) is 4.68. The second-order valence-electron chi connectivity index (χ2n) is 6.80. The zero-order valence-electron chi connectivity index (χ0n) is 14.1. The van der Waals surface area contributed by atoms with Gasteiger partial charge in [-0.05, 0) is 45.4 Å². The summed E-state index contributed by atoms with van der Waals surface area (Å²) >= 11 is 1.77. The van der Waals surface area contributed by atoms with Gasteiger partial charge >= 0.3 is 0 Å². The molecule has 1 aromatic rings. The fraction of sp³-hybridized carbons (Fsp3) is 0.765. The van der Waals surface area contributed by atoms with Gasteiger partial charge in [0.2, 0.25) is 0 Å². The van der Waals surface area contributed by atoms with Crippen molar-refractivity contribution in [2.75, 3.05) is 19.6 Å². The molecule has 0 bridgehead atoms. The van der Waals surface area contributed by atoms with Crippen LogP contribution in [0.3, 0.4) is 0 Å². The summed E-state index contributed by atoms with van der Waals surface area (Å²) in [6, 6.07) is 0. The number of hydrogen-bond donors (Lipinski definition) is 1. The van der Waals surface area contributed by atoms with Crippen molar-refractivity contribution in [1.82, 2.24) is 15.2 Å². The highest BCUT2D eigenvalue weighted by molar-refractivity contribution is 7.11. The molecule has 1 aliphatic heterocycles. The van der Waals surface area contributed by atoms with Crippen LogP contribution in [0.25, 0.3) is 0 Å². The summed E-state index contributed by atoms with van der Waals surface area (Å²) in [6.07, 6.45) is 6.99. The molecule has 4 nitrogen and oxygen atoms in total. The molecule has 0 unspecified atom stereocenters. The number of nitrogens with zero attached hydrogens (tertiary/aromatic N) is 3. The van der Waals surface area contributed by atoms with Gasteiger partial charge in [0.1, 0.15) is 5.01 Å². The molecule has 1 aliphatic carbocycles. The zero-order valence-corrected chi connectivity index (χ0v) is 14.9. The van der Waals surface area contributed by atoms with E-state index in [0.717, 1.165) is 29.8 Å². The lowest BCUT2D eigenvalue weighted by Gasteiger charge is -2.25. The summed E-state index contributed by atoms with van der Waals surface area (Å²) in [5.41, 5.74) is 1.73. The predicted octanol–water partition coefficient (Wildman–Crippen LogP) is 3.49. The molecule has 2 aliphatic rings. The minimum absolute atomic E-state index is 0.588. The van der Waals surface area contributed by atoms with Crippen LogP contribution in [0.2, 0.25) is 0 Å². The molecular weight excluding hydrogens is 292 g/mol. The smallest absolute Gasteiger partial charge is 0.194 e. The number of guanidine groups is 1. The van der Waals surface area contributed by atoms with Gasteiger partial charge in [-0.3, -0.25) is 0 Å². The number of likely N-dealkylation sites (tertiary alicyclic amines) is 1. The molecule has 2 heterocycles. The summed E-state index contributed by atoms with van der Waals surface area (Å²) in [4.78, 5) is 13.2. The molecule has 1 aromatic heterocycles. The van der Waals surface area contributed by atoms with Crippen LogP contribution in [0.4, 0.5) is 0 Å². The number of thiazole rings is 1. The highest BCUT2D eigenvalue weighted by atomic mass is 32.1. The summed E-state index contributed by atoms with van der Waals surface area (Å²) < 4.78 is 0. The van der Waals surface area contributed by atoms with Crippen LogP contribution in [-0.4, -0.2) is 35.5 Å². The third-order valence-electron chi connectivity index (χ3n) is 5.17. The number of aryl methyl sites for hydroxylation is 2. The monoisotopic (exact) mass is 320 g/mol. The fourth-order valence-electron chi connectivity index (χ4n) is 3.82. The summed E-state index contributed by atoms with van der Waals surface area (Å²) in [7, 11) is 0. The highest BCUT2D eigenvalue weighted by Gasteiger charge is 2.41. The van der Waals surface area contributed by atoms with Gasteiger partial charge in [-0.25, -0.2) is 9.98 Å². The Labute approximate surface area is 138 Å². The number of rotatable bonds is 3. The van der Waals surface area contributed by atoms with Crippen molar-refractivity contribution in [2.24, 2.45) is 10.4 Å². The van der Waals surface area contributed by atoms with Gasteiger partial charge < -0.3 is 10.2 Å². The number of hydrogen-bond acceptors (Lipinski definition) is 3. The molecule has 2 fully saturated rings. The van der Waals surface area contributed by atoms with E-state index in [2.05, 4.69) is 36.0 Å². The predicted molar refractivity (Wildman–Crippen MR) is 93.5 cm³/mol. The third-order valence-corrected chi connectivity index (χ3v) is 6.23. The molecule has 0 amide bonds. The minimum Gasteiger partial charge on any atom is -0.357 e. The maximum atomic E-state index is 4.85. The van der Waals surface area contributed by atoms with Crippen molar-refractivity contribution in [3.05, 3.63) is 15.6 Å². The average Bonchev–Trinajstić information content (AvgIpc) is 3.20. The van der Waals surface area contributed by atoms with Gasteiger partial charge in [0.05, 0.1) is 12.2 Å². The van der Waals surface area contributed by atoms with E-state index in [1.54, 1.807) is 11.3 Å². The normalized spacial score (nSPS) is 21.0. The van der Waals surface area contributed by atoms with Gasteiger partial charge in [-0.2, -0.15) is 0 Å². The van der Waals surface area contributed by atoms with Crippen molar-refractivity contribution in [1.29, 1.82) is 0 Å². The van der Waals surface area contributed by atoms with Crippen LogP contribution in [0, 0.1) is 19.3 Å². The summed E-state index contributed by atoms with van der Waals surface area (Å²) in [5.74, 6) is 1.08. The van der Waals surface area contributed by atoms with Crippen LogP contribution in [0.5, 0.6) is 0 Å². The number of aromatic nitrogens is 1. The molecule has 1 saturated carbocycles. The van der Waals surface area contributed by atoms with Crippen molar-refractivity contribution in [3.8, 4) is 0 Å². The van der Waals surface area contributed by atoms with Crippen LogP contribution < -0.4 is 5.32 Å². The first-order chi connectivity index (χ1) is 10.6. The van der Waals surface area contributed by atoms with Crippen LogP contribution in [0.15, 0.2) is 4.99 Å². The molecule has 3 rings (SSSR count). The second-order valence-corrected chi connectivity index (χ2v) is 8.09. The number of aliphatic imine (C=N–C) groups is 1. The van der Waals surface area contributed by atoms with Crippen LogP contribution in [-0.2, 0) is 6.54 Å². The van der Waals surface area contributed by atoms with Gasteiger partial charge in [-0.1, -0.05) is 12.8 Å². The Balaban J connectivity index is 1.68. The van der Waals surface area contributed by atoms with Crippen molar-refractivity contribution >= 4 is 17.3 Å². The first-order valence-corrected chi connectivity index (χ1v) is 9.40. The van der Waals surface area contributed by atoms with E-state index >= 15 is 0 Å². The van der Waals surface area contributed by atoms with Crippen LogP contribution in [0.1, 0.15) is 54.6 Å². The van der Waals surface area contributed by atoms with Crippen molar-refractivity contribution in [2.45, 2.75) is 59.4 Å². The van der Waals surface area contributed by atoms with E-state index in [1.165, 1.54) is 43.5 Å². The van der Waals surface area contributed by atoms with E-state index in [1.807, 2.05) is 0 Å². The maximum absolute atomic E-state index is 4.85. The molecule has 0 atom stereocenters.